The molecule has 4 aromatic rings. The van der Waals surface area contributed by atoms with Gasteiger partial charge < -0.3 is 16.8 Å². The maximum Gasteiger partial charge on any atom is 0.285 e. The first kappa shape index (κ1) is 22.0. The van der Waals surface area contributed by atoms with E-state index in [1.165, 1.54) is 29.7 Å². The third kappa shape index (κ3) is 5.01. The van der Waals surface area contributed by atoms with Crippen LogP contribution in [0.25, 0.3) is 27.6 Å². The van der Waals surface area contributed by atoms with E-state index in [9.17, 15) is 13.7 Å². The van der Waals surface area contributed by atoms with Crippen LogP contribution in [0.1, 0.15) is 5.01 Å². The van der Waals surface area contributed by atoms with Gasteiger partial charge in [-0.15, -0.1) is 15.7 Å². The maximum atomic E-state index is 12.0. The molecule has 0 aliphatic rings. The molecule has 8 nitrogen and oxygen atoms in total. The number of sulfonamides is 1. The number of thiazole rings is 1. The van der Waals surface area contributed by atoms with E-state index in [0.717, 1.165) is 22.0 Å². The van der Waals surface area contributed by atoms with E-state index in [-0.39, 0.29) is 4.90 Å². The topological polar surface area (TPSA) is 147 Å². The van der Waals surface area contributed by atoms with E-state index in [4.69, 9.17) is 11.5 Å². The Labute approximate surface area is 194 Å². The molecule has 0 aliphatic carbocycles. The molecule has 3 aromatic carbocycles. The zero-order valence-electron chi connectivity index (χ0n) is 17.1. The minimum Gasteiger partial charge on any atom is -0.369 e. The minimum atomic E-state index is -3.96. The van der Waals surface area contributed by atoms with Crippen molar-refractivity contribution in [3.8, 4) is 17.3 Å². The van der Waals surface area contributed by atoms with Gasteiger partial charge in [0.15, 0.2) is 0 Å². The number of hydrogen-bond donors (Lipinski definition) is 3. The SMILES string of the molecule is N#C/C(=C/Nc1ccc(S(=O)(=O)N=C(N)N)cc1)c1nc(-c2ccc3ccccc3c2)cs1. The molecule has 0 aliphatic heterocycles. The third-order valence-electron chi connectivity index (χ3n) is 4.66. The van der Waals surface area contributed by atoms with Gasteiger partial charge in [-0.2, -0.15) is 13.7 Å². The van der Waals surface area contributed by atoms with Gasteiger partial charge in [0.25, 0.3) is 10.0 Å². The lowest BCUT2D eigenvalue weighted by Crippen LogP contribution is -2.24. The fraction of sp³-hybridized carbons (Fsp3) is 0. The van der Waals surface area contributed by atoms with E-state index in [1.54, 1.807) is 12.1 Å². The Morgan fingerprint density at radius 3 is 2.48 bits per heavy atom. The molecule has 5 N–H and O–H groups in total. The van der Waals surface area contributed by atoms with Gasteiger partial charge in [0.1, 0.15) is 16.6 Å². The van der Waals surface area contributed by atoms with Gasteiger partial charge in [0, 0.05) is 22.8 Å². The normalized spacial score (nSPS) is 11.7. The van der Waals surface area contributed by atoms with Crippen molar-refractivity contribution in [1.29, 1.82) is 5.26 Å². The fourth-order valence-corrected chi connectivity index (χ4v) is 4.75. The van der Waals surface area contributed by atoms with Gasteiger partial charge in [-0.25, -0.2) is 4.98 Å². The molecule has 1 heterocycles. The Hall–Kier alpha value is -4.20. The van der Waals surface area contributed by atoms with Crippen molar-refractivity contribution in [3.63, 3.8) is 0 Å². The first-order chi connectivity index (χ1) is 15.9. The summed E-state index contributed by atoms with van der Waals surface area (Å²) >= 11 is 1.37. The minimum absolute atomic E-state index is 0.0501. The van der Waals surface area contributed by atoms with Crippen LogP contribution in [0.4, 0.5) is 5.69 Å². The highest BCUT2D eigenvalue weighted by molar-refractivity contribution is 7.90. The predicted octanol–water partition coefficient (Wildman–Crippen LogP) is 3.90. The summed E-state index contributed by atoms with van der Waals surface area (Å²) in [4.78, 5) is 4.56. The van der Waals surface area contributed by atoms with Crippen LogP contribution < -0.4 is 16.8 Å². The fourth-order valence-electron chi connectivity index (χ4n) is 3.09. The quantitative estimate of drug-likeness (QED) is 0.218. The van der Waals surface area contributed by atoms with Crippen molar-refractivity contribution in [2.24, 2.45) is 15.9 Å². The second kappa shape index (κ2) is 9.12. The lowest BCUT2D eigenvalue weighted by molar-refractivity contribution is 0.598. The van der Waals surface area contributed by atoms with Crippen molar-refractivity contribution >= 4 is 49.4 Å². The highest BCUT2D eigenvalue weighted by atomic mass is 32.2. The molecule has 0 unspecified atom stereocenters. The number of allylic oxidation sites excluding steroid dienone is 1. The summed E-state index contributed by atoms with van der Waals surface area (Å²) in [5.41, 5.74) is 13.0. The molecule has 0 spiro atoms. The lowest BCUT2D eigenvalue weighted by atomic mass is 10.1. The summed E-state index contributed by atoms with van der Waals surface area (Å²) < 4.78 is 27.3. The highest BCUT2D eigenvalue weighted by Gasteiger charge is 2.13. The monoisotopic (exact) mass is 474 g/mol. The summed E-state index contributed by atoms with van der Waals surface area (Å²) in [6.45, 7) is 0. The number of nitrogens with zero attached hydrogens (tertiary/aromatic N) is 3. The summed E-state index contributed by atoms with van der Waals surface area (Å²) in [5, 5.41) is 17.3. The van der Waals surface area contributed by atoms with Crippen LogP contribution in [0.15, 0.2) is 87.6 Å². The Bertz CT molecular complexity index is 1530. The molecule has 0 radical (unpaired) electrons. The van der Waals surface area contributed by atoms with Crippen LogP contribution in [0, 0.1) is 11.3 Å². The second-order valence-corrected chi connectivity index (χ2v) is 9.39. The molecule has 4 rings (SSSR count). The molecule has 10 heteroatoms. The van der Waals surface area contributed by atoms with Gasteiger partial charge in [-0.3, -0.25) is 0 Å². The van der Waals surface area contributed by atoms with Crippen LogP contribution in [-0.2, 0) is 10.0 Å². The Balaban J connectivity index is 1.53. The number of benzene rings is 3. The molecular weight excluding hydrogens is 456 g/mol. The number of fused-ring (bicyclic) bond motifs is 1. The van der Waals surface area contributed by atoms with Crippen LogP contribution in [-0.4, -0.2) is 19.4 Å². The van der Waals surface area contributed by atoms with Crippen molar-refractivity contribution in [1.82, 2.24) is 4.98 Å². The van der Waals surface area contributed by atoms with E-state index in [0.29, 0.717) is 16.3 Å². The average Bonchev–Trinajstić information content (AvgIpc) is 3.29. The van der Waals surface area contributed by atoms with Gasteiger partial charge in [-0.1, -0.05) is 36.4 Å². The molecule has 0 amide bonds. The number of hydrogen-bond acceptors (Lipinski definition) is 6. The largest absolute Gasteiger partial charge is 0.369 e. The van der Waals surface area contributed by atoms with Crippen molar-refractivity contribution in [2.45, 2.75) is 4.90 Å². The molecule has 0 fully saturated rings. The molecule has 0 bridgehead atoms. The van der Waals surface area contributed by atoms with Gasteiger partial charge in [0.2, 0.25) is 5.96 Å². The maximum absolute atomic E-state index is 12.0. The van der Waals surface area contributed by atoms with Crippen LogP contribution in [0.2, 0.25) is 0 Å². The van der Waals surface area contributed by atoms with E-state index in [1.807, 2.05) is 35.7 Å². The zero-order chi connectivity index (χ0) is 23.4. The number of anilines is 1. The number of nitriles is 1. The van der Waals surface area contributed by atoms with E-state index in [2.05, 4.69) is 32.9 Å². The van der Waals surface area contributed by atoms with Crippen LogP contribution in [0.3, 0.4) is 0 Å². The van der Waals surface area contributed by atoms with Crippen LogP contribution in [0.5, 0.6) is 0 Å². The molecule has 0 atom stereocenters. The summed E-state index contributed by atoms with van der Waals surface area (Å²) in [6.07, 6.45) is 1.53. The van der Waals surface area contributed by atoms with Gasteiger partial charge >= 0.3 is 0 Å². The Morgan fingerprint density at radius 1 is 1.06 bits per heavy atom. The number of aromatic nitrogens is 1. The number of rotatable bonds is 6. The second-order valence-electron chi connectivity index (χ2n) is 6.93. The molecular formula is C23H18N6O2S2. The van der Waals surface area contributed by atoms with Crippen LogP contribution >= 0.6 is 11.3 Å². The van der Waals surface area contributed by atoms with E-state index < -0.39 is 16.0 Å². The van der Waals surface area contributed by atoms with Gasteiger partial charge in [-0.05, 0) is 41.1 Å². The van der Waals surface area contributed by atoms with Crippen molar-refractivity contribution < 1.29 is 8.42 Å². The molecule has 0 saturated carbocycles. The number of nitrogens with two attached hydrogens (primary N) is 2. The molecule has 0 saturated heterocycles. The first-order valence-corrected chi connectivity index (χ1v) is 12.0. The number of guanidine groups is 1. The Morgan fingerprint density at radius 2 is 1.79 bits per heavy atom. The molecule has 1 aromatic heterocycles. The van der Waals surface area contributed by atoms with Gasteiger partial charge in [0.05, 0.1) is 10.6 Å². The smallest absolute Gasteiger partial charge is 0.285 e. The van der Waals surface area contributed by atoms with E-state index >= 15 is 0 Å². The average molecular weight is 475 g/mol. The van der Waals surface area contributed by atoms with Crippen molar-refractivity contribution in [2.75, 3.05) is 5.32 Å². The summed E-state index contributed by atoms with van der Waals surface area (Å²) in [6, 6.07) is 22.2. The number of nitrogens with one attached hydrogen (secondary N) is 1. The molecule has 33 heavy (non-hydrogen) atoms. The lowest BCUT2D eigenvalue weighted by Gasteiger charge is -2.04. The summed E-state index contributed by atoms with van der Waals surface area (Å²) in [5.74, 6) is -0.537. The Kier molecular flexibility index (Phi) is 6.08. The predicted molar refractivity (Wildman–Crippen MR) is 132 cm³/mol. The summed E-state index contributed by atoms with van der Waals surface area (Å²) in [7, 11) is -3.96. The zero-order valence-corrected chi connectivity index (χ0v) is 18.8. The molecule has 164 valence electrons. The third-order valence-corrected chi connectivity index (χ3v) is 6.86. The van der Waals surface area contributed by atoms with Crippen molar-refractivity contribution in [3.05, 3.63) is 83.3 Å². The standard InChI is InChI=1S/C23H18N6O2S2/c24-12-18(13-27-19-7-9-20(10-8-19)33(30,31)29-23(25)26)22-28-21(14-32-22)17-6-5-15-3-1-2-4-16(15)11-17/h1-11,13-14,27H,(H4,25,26,29)/b18-13-. The first-order valence-electron chi connectivity index (χ1n) is 9.63. The highest BCUT2D eigenvalue weighted by Crippen LogP contribution is 2.28.